The third-order valence-corrected chi connectivity index (χ3v) is 1.19. The molecule has 0 aliphatic rings. The minimum atomic E-state index is 0.808. The second kappa shape index (κ2) is 12.4. The zero-order valence-corrected chi connectivity index (χ0v) is 8.48. The standard InChI is InChI=1S/C8H17N.C2H6/c1-4-6-9-7-5-8(2)3;1-2/h4,8-9H,1,5-7H2,2-3H3;1-2H3. The molecule has 0 amide bonds. The molecule has 11 heavy (non-hydrogen) atoms. The average Bonchev–Trinajstić information content (AvgIpc) is 2.02. The van der Waals surface area contributed by atoms with Crippen molar-refractivity contribution in [1.29, 1.82) is 0 Å². The van der Waals surface area contributed by atoms with Crippen LogP contribution in [0.15, 0.2) is 12.7 Å². The maximum Gasteiger partial charge on any atom is 0.0132 e. The molecule has 0 rings (SSSR count). The summed E-state index contributed by atoms with van der Waals surface area (Å²) in [6.07, 6.45) is 3.15. The third-order valence-electron chi connectivity index (χ3n) is 1.19. The molecular formula is C10H23N. The summed E-state index contributed by atoms with van der Waals surface area (Å²) in [5.74, 6) is 0.808. The molecule has 0 saturated carbocycles. The van der Waals surface area contributed by atoms with E-state index in [1.807, 2.05) is 19.9 Å². The molecule has 1 heteroatoms. The molecule has 0 aromatic rings. The minimum Gasteiger partial charge on any atom is -0.313 e. The maximum absolute atomic E-state index is 3.61. The summed E-state index contributed by atoms with van der Waals surface area (Å²) in [5.41, 5.74) is 0. The Morgan fingerprint density at radius 3 is 2.27 bits per heavy atom. The Balaban J connectivity index is 0. The molecule has 0 fully saturated rings. The Bertz CT molecular complexity index is 67.3. The van der Waals surface area contributed by atoms with Crippen LogP contribution in [-0.2, 0) is 0 Å². The highest BCUT2D eigenvalue weighted by Crippen LogP contribution is 1.95. The van der Waals surface area contributed by atoms with Crippen molar-refractivity contribution in [2.45, 2.75) is 34.1 Å². The van der Waals surface area contributed by atoms with Gasteiger partial charge in [-0.05, 0) is 18.9 Å². The van der Waals surface area contributed by atoms with Crippen LogP contribution in [0.4, 0.5) is 0 Å². The zero-order chi connectivity index (χ0) is 9.11. The lowest BCUT2D eigenvalue weighted by atomic mass is 10.1. The highest BCUT2D eigenvalue weighted by atomic mass is 14.8. The Kier molecular flexibility index (Phi) is 15.0. The van der Waals surface area contributed by atoms with Gasteiger partial charge in [-0.25, -0.2) is 0 Å². The summed E-state index contributed by atoms with van der Waals surface area (Å²) in [6, 6.07) is 0. The first-order chi connectivity index (χ1) is 5.27. The van der Waals surface area contributed by atoms with Crippen molar-refractivity contribution in [3.63, 3.8) is 0 Å². The van der Waals surface area contributed by atoms with Crippen LogP contribution in [-0.4, -0.2) is 13.1 Å². The molecule has 0 radical (unpaired) electrons. The zero-order valence-electron chi connectivity index (χ0n) is 8.48. The number of hydrogen-bond donors (Lipinski definition) is 1. The first-order valence-corrected chi connectivity index (χ1v) is 4.59. The third kappa shape index (κ3) is 17.7. The summed E-state index contributed by atoms with van der Waals surface area (Å²) in [7, 11) is 0. The molecule has 0 atom stereocenters. The van der Waals surface area contributed by atoms with E-state index in [1.165, 1.54) is 6.42 Å². The predicted octanol–water partition coefficient (Wildman–Crippen LogP) is 2.83. The first kappa shape index (κ1) is 13.3. The average molecular weight is 157 g/mol. The van der Waals surface area contributed by atoms with Crippen LogP contribution in [0.25, 0.3) is 0 Å². The van der Waals surface area contributed by atoms with Crippen molar-refractivity contribution in [1.82, 2.24) is 5.32 Å². The van der Waals surface area contributed by atoms with Gasteiger partial charge in [-0.1, -0.05) is 33.8 Å². The lowest BCUT2D eigenvalue weighted by Gasteiger charge is -2.03. The molecule has 0 aromatic heterocycles. The van der Waals surface area contributed by atoms with Crippen molar-refractivity contribution in [3.05, 3.63) is 12.7 Å². The monoisotopic (exact) mass is 157 g/mol. The quantitative estimate of drug-likeness (QED) is 0.478. The second-order valence-electron chi connectivity index (χ2n) is 2.68. The number of rotatable bonds is 5. The van der Waals surface area contributed by atoms with Gasteiger partial charge in [0, 0.05) is 6.54 Å². The van der Waals surface area contributed by atoms with Crippen LogP contribution in [0.1, 0.15) is 34.1 Å². The van der Waals surface area contributed by atoms with Crippen molar-refractivity contribution in [2.24, 2.45) is 5.92 Å². The van der Waals surface area contributed by atoms with Crippen LogP contribution >= 0.6 is 0 Å². The van der Waals surface area contributed by atoms with Gasteiger partial charge in [0.2, 0.25) is 0 Å². The van der Waals surface area contributed by atoms with Gasteiger partial charge < -0.3 is 5.32 Å². The summed E-state index contributed by atoms with van der Waals surface area (Å²) in [6.45, 7) is 14.1. The lowest BCUT2D eigenvalue weighted by Crippen LogP contribution is -2.16. The molecular weight excluding hydrogens is 134 g/mol. The molecule has 0 bridgehead atoms. The van der Waals surface area contributed by atoms with E-state index >= 15 is 0 Å². The molecule has 0 saturated heterocycles. The fraction of sp³-hybridized carbons (Fsp3) is 0.800. The van der Waals surface area contributed by atoms with Crippen LogP contribution < -0.4 is 5.32 Å². The van der Waals surface area contributed by atoms with Crippen LogP contribution in [0.5, 0.6) is 0 Å². The van der Waals surface area contributed by atoms with Gasteiger partial charge >= 0.3 is 0 Å². The molecule has 0 spiro atoms. The Labute approximate surface area is 71.9 Å². The Hall–Kier alpha value is -0.300. The SMILES string of the molecule is C=CCNCCC(C)C.CC. The van der Waals surface area contributed by atoms with E-state index in [0.717, 1.165) is 19.0 Å². The van der Waals surface area contributed by atoms with Gasteiger partial charge in [0.1, 0.15) is 0 Å². The van der Waals surface area contributed by atoms with E-state index < -0.39 is 0 Å². The Morgan fingerprint density at radius 1 is 1.36 bits per heavy atom. The predicted molar refractivity (Wildman–Crippen MR) is 53.9 cm³/mol. The molecule has 0 unspecified atom stereocenters. The van der Waals surface area contributed by atoms with E-state index in [-0.39, 0.29) is 0 Å². The molecule has 0 aromatic carbocycles. The largest absolute Gasteiger partial charge is 0.313 e. The normalized spacial score (nSPS) is 8.82. The van der Waals surface area contributed by atoms with Crippen LogP contribution in [0.2, 0.25) is 0 Å². The highest BCUT2D eigenvalue weighted by Gasteiger charge is 1.90. The van der Waals surface area contributed by atoms with Crippen molar-refractivity contribution in [3.8, 4) is 0 Å². The van der Waals surface area contributed by atoms with Crippen molar-refractivity contribution in [2.75, 3.05) is 13.1 Å². The summed E-state index contributed by atoms with van der Waals surface area (Å²) >= 11 is 0. The van der Waals surface area contributed by atoms with Gasteiger partial charge in [-0.2, -0.15) is 0 Å². The maximum atomic E-state index is 3.61. The van der Waals surface area contributed by atoms with Crippen molar-refractivity contribution < 1.29 is 0 Å². The van der Waals surface area contributed by atoms with Gasteiger partial charge in [0.25, 0.3) is 0 Å². The molecule has 68 valence electrons. The number of nitrogens with one attached hydrogen (secondary N) is 1. The summed E-state index contributed by atoms with van der Waals surface area (Å²) < 4.78 is 0. The number of hydrogen-bond acceptors (Lipinski definition) is 1. The topological polar surface area (TPSA) is 12.0 Å². The second-order valence-corrected chi connectivity index (χ2v) is 2.68. The fourth-order valence-electron chi connectivity index (χ4n) is 0.595. The molecule has 0 aliphatic heterocycles. The van der Waals surface area contributed by atoms with Gasteiger partial charge in [0.05, 0.1) is 0 Å². The van der Waals surface area contributed by atoms with Crippen LogP contribution in [0.3, 0.4) is 0 Å². The van der Waals surface area contributed by atoms with E-state index in [2.05, 4.69) is 25.7 Å². The minimum absolute atomic E-state index is 0.808. The van der Waals surface area contributed by atoms with E-state index in [0.29, 0.717) is 0 Å². The molecule has 0 aliphatic carbocycles. The van der Waals surface area contributed by atoms with E-state index in [9.17, 15) is 0 Å². The highest BCUT2D eigenvalue weighted by molar-refractivity contribution is 4.69. The molecule has 1 N–H and O–H groups in total. The summed E-state index contributed by atoms with van der Waals surface area (Å²) in [5, 5.41) is 3.25. The molecule has 0 heterocycles. The van der Waals surface area contributed by atoms with Crippen LogP contribution in [0, 0.1) is 5.92 Å². The van der Waals surface area contributed by atoms with Gasteiger partial charge in [-0.15, -0.1) is 6.58 Å². The van der Waals surface area contributed by atoms with Gasteiger partial charge in [0.15, 0.2) is 0 Å². The molecule has 1 nitrogen and oxygen atoms in total. The lowest BCUT2D eigenvalue weighted by molar-refractivity contribution is 0.552. The first-order valence-electron chi connectivity index (χ1n) is 4.59. The smallest absolute Gasteiger partial charge is 0.0132 e. The summed E-state index contributed by atoms with van der Waals surface area (Å²) in [4.78, 5) is 0. The Morgan fingerprint density at radius 2 is 1.91 bits per heavy atom. The fourth-order valence-corrected chi connectivity index (χ4v) is 0.595. The van der Waals surface area contributed by atoms with E-state index in [4.69, 9.17) is 0 Å². The van der Waals surface area contributed by atoms with Crippen molar-refractivity contribution >= 4 is 0 Å². The van der Waals surface area contributed by atoms with E-state index in [1.54, 1.807) is 0 Å². The van der Waals surface area contributed by atoms with Gasteiger partial charge in [-0.3, -0.25) is 0 Å².